The third-order valence-corrected chi connectivity index (χ3v) is 10.4. The minimum absolute atomic E-state index is 0.107. The van der Waals surface area contributed by atoms with Crippen molar-refractivity contribution in [1.82, 2.24) is 9.80 Å². The number of fused-ring (bicyclic) bond motifs is 1. The standard InChI is InChI=1S/C35H45Cl2N3O6S/c1-24-20-40(25(2)23-41)35(42)30-19-28(38-47(43,44)29-11-6-5-7-12-29)14-16-33(30)46-26(3)10-8-9-17-45-34(24)22-39(4)21-27-13-15-31(36)32(37)18-27/h5-7,11-16,18-19,24-26,34,38,41H,8-10,17,20-23H2,1-4H3/t24-,25-,26+,34-/m0/s1. The number of carbonyl (C=O) groups is 1. The molecule has 0 spiro atoms. The largest absolute Gasteiger partial charge is 0.490 e. The van der Waals surface area contributed by atoms with Gasteiger partial charge in [0.15, 0.2) is 0 Å². The minimum Gasteiger partial charge on any atom is -0.490 e. The van der Waals surface area contributed by atoms with Gasteiger partial charge in [-0.3, -0.25) is 14.4 Å². The topological polar surface area (TPSA) is 108 Å². The highest BCUT2D eigenvalue weighted by Crippen LogP contribution is 2.30. The van der Waals surface area contributed by atoms with Gasteiger partial charge in [0.2, 0.25) is 0 Å². The molecule has 0 aliphatic carbocycles. The predicted octanol–water partition coefficient (Wildman–Crippen LogP) is 6.72. The third-order valence-electron chi connectivity index (χ3n) is 8.29. The Morgan fingerprint density at radius 2 is 1.79 bits per heavy atom. The van der Waals surface area contributed by atoms with E-state index in [0.717, 1.165) is 24.8 Å². The number of nitrogens with one attached hydrogen (secondary N) is 1. The molecule has 1 heterocycles. The first-order chi connectivity index (χ1) is 22.4. The van der Waals surface area contributed by atoms with Gasteiger partial charge in [-0.05, 0) is 88.2 Å². The summed E-state index contributed by atoms with van der Waals surface area (Å²) >= 11 is 12.4. The number of carbonyl (C=O) groups excluding carboxylic acids is 1. The van der Waals surface area contributed by atoms with E-state index in [-0.39, 0.29) is 46.8 Å². The molecule has 2 N–H and O–H groups in total. The molecule has 9 nitrogen and oxygen atoms in total. The second kappa shape index (κ2) is 17.0. The molecule has 0 unspecified atom stereocenters. The Morgan fingerprint density at radius 3 is 2.49 bits per heavy atom. The highest BCUT2D eigenvalue weighted by atomic mass is 35.5. The summed E-state index contributed by atoms with van der Waals surface area (Å²) in [5.74, 6) is -0.129. The van der Waals surface area contributed by atoms with E-state index in [9.17, 15) is 18.3 Å². The smallest absolute Gasteiger partial charge is 0.261 e. The maximum absolute atomic E-state index is 14.4. The molecule has 1 amide bonds. The summed E-state index contributed by atoms with van der Waals surface area (Å²) in [6, 6.07) is 17.8. The van der Waals surface area contributed by atoms with Crippen LogP contribution in [-0.2, 0) is 21.3 Å². The van der Waals surface area contributed by atoms with Crippen LogP contribution in [0.1, 0.15) is 56.0 Å². The first-order valence-electron chi connectivity index (χ1n) is 15.9. The van der Waals surface area contributed by atoms with Crippen molar-refractivity contribution in [3.63, 3.8) is 0 Å². The predicted molar refractivity (Wildman–Crippen MR) is 187 cm³/mol. The van der Waals surface area contributed by atoms with Crippen molar-refractivity contribution in [1.29, 1.82) is 0 Å². The Balaban J connectivity index is 1.63. The molecule has 256 valence electrons. The normalized spacial score (nSPS) is 20.6. The van der Waals surface area contributed by atoms with Gasteiger partial charge in [0.25, 0.3) is 15.9 Å². The molecule has 0 aromatic heterocycles. The third kappa shape index (κ3) is 10.3. The quantitative estimate of drug-likeness (QED) is 0.254. The maximum Gasteiger partial charge on any atom is 0.261 e. The summed E-state index contributed by atoms with van der Waals surface area (Å²) in [5, 5.41) is 11.2. The van der Waals surface area contributed by atoms with Gasteiger partial charge in [0, 0.05) is 37.8 Å². The number of amides is 1. The SMILES string of the molecule is C[C@@H]1CCCCO[C@@H](CN(C)Cc2ccc(Cl)c(Cl)c2)[C@@H](C)CN([C@@H](C)CO)C(=O)c2cc(NS(=O)(=O)c3ccccc3)ccc2O1. The second-order valence-electron chi connectivity index (χ2n) is 12.4. The molecule has 47 heavy (non-hydrogen) atoms. The Hall–Kier alpha value is -2.86. The summed E-state index contributed by atoms with van der Waals surface area (Å²) < 4.78 is 41.5. The van der Waals surface area contributed by atoms with Gasteiger partial charge in [-0.15, -0.1) is 0 Å². The molecule has 0 bridgehead atoms. The fourth-order valence-corrected chi connectivity index (χ4v) is 6.98. The van der Waals surface area contributed by atoms with Crippen molar-refractivity contribution < 1.29 is 27.8 Å². The molecule has 0 saturated carbocycles. The van der Waals surface area contributed by atoms with Gasteiger partial charge in [-0.2, -0.15) is 0 Å². The molecule has 4 rings (SSSR count). The van der Waals surface area contributed by atoms with E-state index < -0.39 is 16.1 Å². The van der Waals surface area contributed by atoms with Crippen LogP contribution >= 0.6 is 23.2 Å². The molecular formula is C35H45Cl2N3O6S. The number of aliphatic hydroxyl groups excluding tert-OH is 1. The number of sulfonamides is 1. The van der Waals surface area contributed by atoms with Crippen molar-refractivity contribution in [2.45, 2.75) is 69.7 Å². The fourth-order valence-electron chi connectivity index (χ4n) is 5.58. The summed E-state index contributed by atoms with van der Waals surface area (Å²) in [7, 11) is -1.89. The van der Waals surface area contributed by atoms with Crippen LogP contribution in [0.2, 0.25) is 10.0 Å². The van der Waals surface area contributed by atoms with Crippen LogP contribution in [0.3, 0.4) is 0 Å². The highest BCUT2D eigenvalue weighted by Gasteiger charge is 2.30. The number of rotatable bonds is 9. The first kappa shape index (κ1) is 37.0. The van der Waals surface area contributed by atoms with Crippen LogP contribution in [0, 0.1) is 5.92 Å². The summed E-state index contributed by atoms with van der Waals surface area (Å²) in [6.07, 6.45) is 2.04. The number of benzene rings is 3. The van der Waals surface area contributed by atoms with Gasteiger partial charge >= 0.3 is 0 Å². The van der Waals surface area contributed by atoms with Crippen molar-refractivity contribution in [3.05, 3.63) is 87.9 Å². The number of aliphatic hydroxyl groups is 1. The van der Waals surface area contributed by atoms with Crippen LogP contribution in [0.5, 0.6) is 5.75 Å². The minimum atomic E-state index is -3.90. The number of anilines is 1. The number of likely N-dealkylation sites (N-methyl/N-ethyl adjacent to an activating group) is 1. The molecule has 0 radical (unpaired) electrons. The van der Waals surface area contributed by atoms with Crippen molar-refractivity contribution in [2.75, 3.05) is 38.1 Å². The molecule has 1 aliphatic heterocycles. The summed E-state index contributed by atoms with van der Waals surface area (Å²) in [6.45, 7) is 7.59. The van der Waals surface area contributed by atoms with Crippen LogP contribution < -0.4 is 9.46 Å². The average molecular weight is 707 g/mol. The molecule has 3 aromatic rings. The van der Waals surface area contributed by atoms with Crippen LogP contribution in [0.4, 0.5) is 5.69 Å². The van der Waals surface area contributed by atoms with Crippen molar-refractivity contribution >= 4 is 44.8 Å². The number of halogens is 2. The zero-order valence-corrected chi connectivity index (χ0v) is 29.7. The van der Waals surface area contributed by atoms with Gasteiger partial charge in [-0.1, -0.05) is 54.4 Å². The van der Waals surface area contributed by atoms with Gasteiger partial charge in [-0.25, -0.2) is 8.42 Å². The molecule has 3 aromatic carbocycles. The molecule has 1 aliphatic rings. The highest BCUT2D eigenvalue weighted by molar-refractivity contribution is 7.92. The average Bonchev–Trinajstić information content (AvgIpc) is 3.04. The van der Waals surface area contributed by atoms with Crippen LogP contribution in [0.15, 0.2) is 71.6 Å². The monoisotopic (exact) mass is 705 g/mol. The fraction of sp³-hybridized carbons (Fsp3) is 0.457. The lowest BCUT2D eigenvalue weighted by atomic mass is 10.0. The Morgan fingerprint density at radius 1 is 1.04 bits per heavy atom. The van der Waals surface area contributed by atoms with E-state index in [2.05, 4.69) is 9.62 Å². The van der Waals surface area contributed by atoms with E-state index in [4.69, 9.17) is 32.7 Å². The summed E-state index contributed by atoms with van der Waals surface area (Å²) in [5.41, 5.74) is 1.46. The van der Waals surface area contributed by atoms with Crippen molar-refractivity contribution in [2.24, 2.45) is 5.92 Å². The van der Waals surface area contributed by atoms with Crippen molar-refractivity contribution in [3.8, 4) is 5.75 Å². The van der Waals surface area contributed by atoms with Gasteiger partial charge < -0.3 is 19.5 Å². The lowest BCUT2D eigenvalue weighted by Gasteiger charge is -2.36. The number of nitrogens with zero attached hydrogens (tertiary/aromatic N) is 2. The van der Waals surface area contributed by atoms with Gasteiger partial charge in [0.05, 0.1) is 45.4 Å². The van der Waals surface area contributed by atoms with E-state index in [0.29, 0.717) is 42.0 Å². The number of hydrogen-bond donors (Lipinski definition) is 2. The maximum atomic E-state index is 14.4. The second-order valence-corrected chi connectivity index (χ2v) is 14.9. The Kier molecular flexibility index (Phi) is 13.4. The molecular weight excluding hydrogens is 661 g/mol. The van der Waals surface area contributed by atoms with Crippen LogP contribution in [-0.4, -0.2) is 80.8 Å². The lowest BCUT2D eigenvalue weighted by Crippen LogP contribution is -2.47. The van der Waals surface area contributed by atoms with Gasteiger partial charge in [0.1, 0.15) is 5.75 Å². The lowest BCUT2D eigenvalue weighted by molar-refractivity contribution is -0.0177. The number of hydrogen-bond acceptors (Lipinski definition) is 7. The Bertz CT molecular complexity index is 1590. The van der Waals surface area contributed by atoms with E-state index >= 15 is 0 Å². The molecule has 0 saturated heterocycles. The molecule has 12 heteroatoms. The zero-order chi connectivity index (χ0) is 34.1. The summed E-state index contributed by atoms with van der Waals surface area (Å²) in [4.78, 5) is 18.2. The van der Waals surface area contributed by atoms with E-state index in [1.54, 1.807) is 48.2 Å². The van der Waals surface area contributed by atoms with E-state index in [1.807, 2.05) is 33.0 Å². The molecule has 4 atom stereocenters. The van der Waals surface area contributed by atoms with E-state index in [1.165, 1.54) is 18.2 Å². The zero-order valence-electron chi connectivity index (χ0n) is 27.4. The first-order valence-corrected chi connectivity index (χ1v) is 18.2. The Labute approximate surface area is 288 Å². The molecule has 0 fully saturated rings. The van der Waals surface area contributed by atoms with Crippen LogP contribution in [0.25, 0.3) is 0 Å². The number of ether oxygens (including phenoxy) is 2.